The largest absolute Gasteiger partial charge is 0.314 e. The fourth-order valence-corrected chi connectivity index (χ4v) is 1.91. The van der Waals surface area contributed by atoms with E-state index in [1.165, 1.54) is 25.7 Å². The molecule has 2 nitrogen and oxygen atoms in total. The highest BCUT2D eigenvalue weighted by atomic mass is 14.9. The molecule has 0 amide bonds. The van der Waals surface area contributed by atoms with Gasteiger partial charge in [0.15, 0.2) is 0 Å². The Morgan fingerprint density at radius 2 is 1.80 bits per heavy atom. The van der Waals surface area contributed by atoms with Crippen molar-refractivity contribution in [3.05, 3.63) is 0 Å². The predicted molar refractivity (Wildman–Crippen MR) is 65.6 cm³/mol. The summed E-state index contributed by atoms with van der Waals surface area (Å²) in [6, 6.07) is 3.05. The standard InChI is InChI=1S/C11H20N2.C2H6/c1-2-3-8-13-11-6-4-10(9-12)5-7-11;1-2/h10-11,13H,2-8H2,1H3;1-2H3. The van der Waals surface area contributed by atoms with Gasteiger partial charge in [-0.15, -0.1) is 0 Å². The summed E-state index contributed by atoms with van der Waals surface area (Å²) in [5.41, 5.74) is 0. The van der Waals surface area contributed by atoms with Gasteiger partial charge in [-0.2, -0.15) is 5.26 Å². The molecule has 0 spiro atoms. The minimum absolute atomic E-state index is 0.337. The number of nitrogens with one attached hydrogen (secondary N) is 1. The van der Waals surface area contributed by atoms with E-state index in [0.29, 0.717) is 12.0 Å². The van der Waals surface area contributed by atoms with Gasteiger partial charge in [-0.1, -0.05) is 27.2 Å². The van der Waals surface area contributed by atoms with Crippen LogP contribution in [0.1, 0.15) is 59.3 Å². The molecule has 0 radical (unpaired) electrons. The molecule has 0 aliphatic heterocycles. The Balaban J connectivity index is 0.000000921. The van der Waals surface area contributed by atoms with E-state index in [-0.39, 0.29) is 0 Å². The van der Waals surface area contributed by atoms with Crippen LogP contribution in [-0.4, -0.2) is 12.6 Å². The van der Waals surface area contributed by atoms with Crippen molar-refractivity contribution in [3.63, 3.8) is 0 Å². The maximum absolute atomic E-state index is 8.72. The van der Waals surface area contributed by atoms with E-state index in [4.69, 9.17) is 5.26 Å². The van der Waals surface area contributed by atoms with Gasteiger partial charge in [0.05, 0.1) is 6.07 Å². The van der Waals surface area contributed by atoms with E-state index in [1.54, 1.807) is 0 Å². The second-order valence-corrected chi connectivity index (χ2v) is 3.99. The van der Waals surface area contributed by atoms with Crippen molar-refractivity contribution in [1.82, 2.24) is 5.32 Å². The highest BCUT2D eigenvalue weighted by Gasteiger charge is 2.19. The van der Waals surface area contributed by atoms with Crippen LogP contribution < -0.4 is 5.32 Å². The van der Waals surface area contributed by atoms with E-state index >= 15 is 0 Å². The van der Waals surface area contributed by atoms with Crippen molar-refractivity contribution in [3.8, 4) is 6.07 Å². The number of rotatable bonds is 4. The monoisotopic (exact) mass is 210 g/mol. The SMILES string of the molecule is CC.CCCCNC1CCC(C#N)CC1. The molecule has 1 N–H and O–H groups in total. The molecule has 15 heavy (non-hydrogen) atoms. The molecule has 0 bridgehead atoms. The van der Waals surface area contributed by atoms with Crippen molar-refractivity contribution >= 4 is 0 Å². The van der Waals surface area contributed by atoms with Crippen LogP contribution in [0.3, 0.4) is 0 Å². The normalized spacial score (nSPS) is 24.9. The summed E-state index contributed by atoms with van der Waals surface area (Å²) in [6.45, 7) is 7.37. The van der Waals surface area contributed by atoms with Crippen LogP contribution in [0, 0.1) is 17.2 Å². The van der Waals surface area contributed by atoms with Crippen molar-refractivity contribution in [2.45, 2.75) is 65.3 Å². The van der Waals surface area contributed by atoms with Gasteiger partial charge < -0.3 is 5.32 Å². The van der Waals surface area contributed by atoms with Gasteiger partial charge in [0.1, 0.15) is 0 Å². The van der Waals surface area contributed by atoms with E-state index in [9.17, 15) is 0 Å². The van der Waals surface area contributed by atoms with Gasteiger partial charge in [-0.3, -0.25) is 0 Å². The second-order valence-electron chi connectivity index (χ2n) is 3.99. The van der Waals surface area contributed by atoms with Crippen molar-refractivity contribution in [1.29, 1.82) is 5.26 Å². The number of nitriles is 1. The molecule has 0 saturated heterocycles. The smallest absolute Gasteiger partial charge is 0.0655 e. The zero-order valence-corrected chi connectivity index (χ0v) is 10.6. The Labute approximate surface area is 95.1 Å². The second kappa shape index (κ2) is 9.98. The minimum atomic E-state index is 0.337. The topological polar surface area (TPSA) is 35.8 Å². The fraction of sp³-hybridized carbons (Fsp3) is 0.923. The quantitative estimate of drug-likeness (QED) is 0.721. The molecule has 2 heteroatoms. The lowest BCUT2D eigenvalue weighted by Gasteiger charge is -2.25. The molecule has 0 aromatic carbocycles. The zero-order valence-electron chi connectivity index (χ0n) is 10.6. The maximum Gasteiger partial charge on any atom is 0.0655 e. The molecule has 1 saturated carbocycles. The van der Waals surface area contributed by atoms with Crippen LogP contribution in [0.15, 0.2) is 0 Å². The van der Waals surface area contributed by atoms with Gasteiger partial charge in [0.25, 0.3) is 0 Å². The Bertz CT molecular complexity index is 164. The third kappa shape index (κ3) is 6.52. The predicted octanol–water partition coefficient (Wildman–Crippen LogP) is 3.48. The summed E-state index contributed by atoms with van der Waals surface area (Å²) in [5, 5.41) is 12.3. The summed E-state index contributed by atoms with van der Waals surface area (Å²) in [6.07, 6.45) is 7.13. The number of unbranched alkanes of at least 4 members (excludes halogenated alkanes) is 1. The molecule has 1 aliphatic carbocycles. The molecule has 0 aromatic heterocycles. The summed E-state index contributed by atoms with van der Waals surface area (Å²) in [5.74, 6) is 0.337. The average Bonchev–Trinajstić information content (AvgIpc) is 2.33. The first kappa shape index (κ1) is 14.5. The van der Waals surface area contributed by atoms with Crippen molar-refractivity contribution in [2.24, 2.45) is 5.92 Å². The van der Waals surface area contributed by atoms with Gasteiger partial charge in [-0.25, -0.2) is 0 Å². The Kier molecular flexibility index (Phi) is 9.62. The maximum atomic E-state index is 8.72. The highest BCUT2D eigenvalue weighted by Crippen LogP contribution is 2.23. The van der Waals surface area contributed by atoms with Crippen LogP contribution in [0.5, 0.6) is 0 Å². The number of hydrogen-bond acceptors (Lipinski definition) is 2. The van der Waals surface area contributed by atoms with Crippen LogP contribution in [0.25, 0.3) is 0 Å². The molecule has 0 unspecified atom stereocenters. The fourth-order valence-electron chi connectivity index (χ4n) is 1.91. The molecule has 88 valence electrons. The van der Waals surface area contributed by atoms with Crippen molar-refractivity contribution in [2.75, 3.05) is 6.54 Å². The van der Waals surface area contributed by atoms with Crippen LogP contribution >= 0.6 is 0 Å². The lowest BCUT2D eigenvalue weighted by molar-refractivity contribution is 0.331. The lowest BCUT2D eigenvalue weighted by Crippen LogP contribution is -2.33. The molecular formula is C13H26N2. The van der Waals surface area contributed by atoms with Crippen molar-refractivity contribution < 1.29 is 0 Å². The first-order valence-electron chi connectivity index (χ1n) is 6.49. The molecule has 1 fully saturated rings. The molecule has 0 heterocycles. The van der Waals surface area contributed by atoms with Gasteiger partial charge in [-0.05, 0) is 38.6 Å². The summed E-state index contributed by atoms with van der Waals surface area (Å²) in [4.78, 5) is 0. The Morgan fingerprint density at radius 3 is 2.27 bits per heavy atom. The van der Waals surface area contributed by atoms with E-state index in [1.807, 2.05) is 13.8 Å². The lowest BCUT2D eigenvalue weighted by atomic mass is 9.87. The van der Waals surface area contributed by atoms with Crippen LogP contribution in [0.2, 0.25) is 0 Å². The van der Waals surface area contributed by atoms with Gasteiger partial charge in [0, 0.05) is 12.0 Å². The molecular weight excluding hydrogens is 184 g/mol. The summed E-state index contributed by atoms with van der Waals surface area (Å²) >= 11 is 0. The summed E-state index contributed by atoms with van der Waals surface area (Å²) in [7, 11) is 0. The van der Waals surface area contributed by atoms with E-state index in [2.05, 4.69) is 18.3 Å². The Hall–Kier alpha value is -0.550. The molecule has 1 rings (SSSR count). The molecule has 1 aliphatic rings. The molecule has 0 aromatic rings. The molecule has 0 atom stereocenters. The van der Waals surface area contributed by atoms with Gasteiger partial charge in [0.2, 0.25) is 0 Å². The first-order chi connectivity index (χ1) is 7.36. The van der Waals surface area contributed by atoms with Gasteiger partial charge >= 0.3 is 0 Å². The summed E-state index contributed by atoms with van der Waals surface area (Å²) < 4.78 is 0. The third-order valence-electron chi connectivity index (χ3n) is 2.87. The number of nitrogens with zero attached hydrogens (tertiary/aromatic N) is 1. The highest BCUT2D eigenvalue weighted by molar-refractivity contribution is 4.88. The zero-order chi connectivity index (χ0) is 11.5. The van der Waals surface area contributed by atoms with E-state index < -0.39 is 0 Å². The third-order valence-corrected chi connectivity index (χ3v) is 2.87. The average molecular weight is 210 g/mol. The first-order valence-corrected chi connectivity index (χ1v) is 6.49. The minimum Gasteiger partial charge on any atom is -0.314 e. The number of hydrogen-bond donors (Lipinski definition) is 1. The van der Waals surface area contributed by atoms with Crippen LogP contribution in [-0.2, 0) is 0 Å². The Morgan fingerprint density at radius 1 is 1.20 bits per heavy atom. The van der Waals surface area contributed by atoms with Crippen LogP contribution in [0.4, 0.5) is 0 Å². The van der Waals surface area contributed by atoms with E-state index in [0.717, 1.165) is 19.4 Å².